The molecule has 3 rings (SSSR count). The lowest BCUT2D eigenvalue weighted by Crippen LogP contribution is -2.45. The van der Waals surface area contributed by atoms with Crippen LogP contribution in [0.4, 0.5) is 10.5 Å². The second-order valence-electron chi connectivity index (χ2n) is 5.32. The number of anilines is 1. The van der Waals surface area contributed by atoms with Gasteiger partial charge in [-0.05, 0) is 12.1 Å². The molecular weight excluding hydrogens is 312 g/mol. The van der Waals surface area contributed by atoms with E-state index < -0.39 is 0 Å². The van der Waals surface area contributed by atoms with Crippen molar-refractivity contribution < 1.29 is 18.7 Å². The smallest absolute Gasteiger partial charge is 0.322 e. The van der Waals surface area contributed by atoms with E-state index in [0.29, 0.717) is 31.3 Å². The number of amides is 2. The molecule has 0 spiro atoms. The first-order valence-corrected chi connectivity index (χ1v) is 7.81. The summed E-state index contributed by atoms with van der Waals surface area (Å²) >= 11 is 0. The van der Waals surface area contributed by atoms with Crippen molar-refractivity contribution in [1.82, 2.24) is 14.9 Å². The third-order valence-corrected chi connectivity index (χ3v) is 3.86. The Bertz CT molecular complexity index is 703. The number of hydrogen-bond donors (Lipinski definition) is 1. The molecule has 128 valence electrons. The molecule has 1 N–H and O–H groups in total. The number of ether oxygens (including phenoxy) is 2. The van der Waals surface area contributed by atoms with Crippen molar-refractivity contribution in [2.75, 3.05) is 32.2 Å². The van der Waals surface area contributed by atoms with Gasteiger partial charge in [0.2, 0.25) is 5.88 Å². The van der Waals surface area contributed by atoms with E-state index in [-0.39, 0.29) is 12.1 Å². The number of rotatable bonds is 4. The molecule has 0 radical (unpaired) electrons. The van der Waals surface area contributed by atoms with Gasteiger partial charge < -0.3 is 24.1 Å². The highest BCUT2D eigenvalue weighted by molar-refractivity contribution is 5.90. The summed E-state index contributed by atoms with van der Waals surface area (Å²) in [5, 5.41) is 2.79. The third kappa shape index (κ3) is 3.33. The van der Waals surface area contributed by atoms with Crippen molar-refractivity contribution in [2.45, 2.75) is 19.4 Å². The summed E-state index contributed by atoms with van der Waals surface area (Å²) in [6, 6.07) is 3.28. The van der Waals surface area contributed by atoms with Gasteiger partial charge in [0.25, 0.3) is 0 Å². The van der Waals surface area contributed by atoms with E-state index in [2.05, 4.69) is 15.3 Å². The number of hydrogen-bond acceptors (Lipinski definition) is 6. The van der Waals surface area contributed by atoms with Crippen molar-refractivity contribution in [1.29, 1.82) is 0 Å². The SMILES string of the molecule is CCc1ccc(C2COCCN2C(=O)Nc2cncnc2OC)o1. The van der Waals surface area contributed by atoms with E-state index in [1.54, 1.807) is 4.90 Å². The molecule has 1 saturated heterocycles. The molecule has 3 heterocycles. The van der Waals surface area contributed by atoms with Gasteiger partial charge in [0.15, 0.2) is 0 Å². The maximum atomic E-state index is 12.7. The zero-order chi connectivity index (χ0) is 16.9. The van der Waals surface area contributed by atoms with Crippen LogP contribution >= 0.6 is 0 Å². The number of carbonyl (C=O) groups is 1. The summed E-state index contributed by atoms with van der Waals surface area (Å²) in [7, 11) is 1.49. The second kappa shape index (κ2) is 7.31. The van der Waals surface area contributed by atoms with Gasteiger partial charge in [-0.15, -0.1) is 0 Å². The van der Waals surface area contributed by atoms with E-state index in [1.807, 2.05) is 19.1 Å². The quantitative estimate of drug-likeness (QED) is 0.923. The second-order valence-corrected chi connectivity index (χ2v) is 5.32. The van der Waals surface area contributed by atoms with Gasteiger partial charge in [-0.1, -0.05) is 6.92 Å². The Hall–Kier alpha value is -2.61. The molecule has 1 fully saturated rings. The summed E-state index contributed by atoms with van der Waals surface area (Å²) in [4.78, 5) is 22.3. The Labute approximate surface area is 139 Å². The number of carbonyl (C=O) groups excluding carboxylic acids is 1. The Balaban J connectivity index is 1.78. The summed E-state index contributed by atoms with van der Waals surface area (Å²) in [5.41, 5.74) is 0.420. The molecule has 0 aliphatic carbocycles. The monoisotopic (exact) mass is 332 g/mol. The summed E-state index contributed by atoms with van der Waals surface area (Å²) in [5.74, 6) is 1.92. The summed E-state index contributed by atoms with van der Waals surface area (Å²) < 4.78 is 16.5. The van der Waals surface area contributed by atoms with E-state index in [4.69, 9.17) is 13.9 Å². The number of aryl methyl sites for hydroxylation is 1. The van der Waals surface area contributed by atoms with Crippen LogP contribution in [0.1, 0.15) is 24.5 Å². The predicted molar refractivity (Wildman–Crippen MR) is 86.0 cm³/mol. The van der Waals surface area contributed by atoms with Crippen LogP contribution in [0.3, 0.4) is 0 Å². The summed E-state index contributed by atoms with van der Waals surface area (Å²) in [6.07, 6.45) is 3.67. The van der Waals surface area contributed by atoms with E-state index in [1.165, 1.54) is 19.6 Å². The molecular formula is C16H20N4O4. The van der Waals surface area contributed by atoms with Crippen LogP contribution in [-0.4, -0.2) is 47.8 Å². The number of aromatic nitrogens is 2. The maximum absolute atomic E-state index is 12.7. The number of morpholine rings is 1. The highest BCUT2D eigenvalue weighted by atomic mass is 16.5. The van der Waals surface area contributed by atoms with Crippen LogP contribution in [0.2, 0.25) is 0 Å². The van der Waals surface area contributed by atoms with E-state index in [0.717, 1.165) is 17.9 Å². The van der Waals surface area contributed by atoms with Crippen molar-refractivity contribution in [3.05, 3.63) is 36.2 Å². The zero-order valence-electron chi connectivity index (χ0n) is 13.7. The first kappa shape index (κ1) is 16.3. The molecule has 2 aromatic rings. The van der Waals surface area contributed by atoms with Crippen LogP contribution in [0, 0.1) is 0 Å². The standard InChI is InChI=1S/C16H20N4O4/c1-3-11-4-5-14(24-11)13-9-23-7-6-20(13)16(21)19-12-8-17-10-18-15(12)22-2/h4-5,8,10,13H,3,6-7,9H2,1-2H3,(H,19,21). The number of furan rings is 1. The largest absolute Gasteiger partial charge is 0.479 e. The number of methoxy groups -OCH3 is 1. The van der Waals surface area contributed by atoms with Gasteiger partial charge in [0.1, 0.15) is 29.6 Å². The molecule has 0 aromatic carbocycles. The minimum Gasteiger partial charge on any atom is -0.479 e. The lowest BCUT2D eigenvalue weighted by molar-refractivity contribution is 0.00700. The molecule has 2 aromatic heterocycles. The molecule has 0 bridgehead atoms. The maximum Gasteiger partial charge on any atom is 0.322 e. The highest BCUT2D eigenvalue weighted by Crippen LogP contribution is 2.28. The Morgan fingerprint density at radius 1 is 1.50 bits per heavy atom. The fraction of sp³-hybridized carbons (Fsp3) is 0.438. The van der Waals surface area contributed by atoms with E-state index >= 15 is 0 Å². The number of nitrogens with zero attached hydrogens (tertiary/aromatic N) is 3. The molecule has 2 amide bonds. The number of nitrogens with one attached hydrogen (secondary N) is 1. The van der Waals surface area contributed by atoms with Crippen molar-refractivity contribution >= 4 is 11.7 Å². The van der Waals surface area contributed by atoms with Crippen LogP contribution in [0.15, 0.2) is 29.1 Å². The fourth-order valence-corrected chi connectivity index (χ4v) is 2.60. The first-order valence-electron chi connectivity index (χ1n) is 7.81. The number of urea groups is 1. The molecule has 0 saturated carbocycles. The molecule has 24 heavy (non-hydrogen) atoms. The van der Waals surface area contributed by atoms with Crippen LogP contribution in [-0.2, 0) is 11.2 Å². The first-order chi connectivity index (χ1) is 11.7. The van der Waals surface area contributed by atoms with Gasteiger partial charge in [-0.3, -0.25) is 0 Å². The molecule has 8 nitrogen and oxygen atoms in total. The molecule has 1 aliphatic heterocycles. The van der Waals surface area contributed by atoms with Crippen molar-refractivity contribution in [2.24, 2.45) is 0 Å². The van der Waals surface area contributed by atoms with Gasteiger partial charge in [0.05, 0.1) is 26.5 Å². The zero-order valence-corrected chi connectivity index (χ0v) is 13.7. The van der Waals surface area contributed by atoms with E-state index in [9.17, 15) is 4.79 Å². The highest BCUT2D eigenvalue weighted by Gasteiger charge is 2.31. The average molecular weight is 332 g/mol. The van der Waals surface area contributed by atoms with Gasteiger partial charge in [-0.25, -0.2) is 9.78 Å². The molecule has 1 atom stereocenters. The molecule has 1 aliphatic rings. The van der Waals surface area contributed by atoms with Gasteiger partial charge in [-0.2, -0.15) is 4.98 Å². The Kier molecular flexibility index (Phi) is 4.95. The van der Waals surface area contributed by atoms with Gasteiger partial charge in [0, 0.05) is 13.0 Å². The minimum absolute atomic E-state index is 0.269. The van der Waals surface area contributed by atoms with Crippen LogP contribution in [0.5, 0.6) is 5.88 Å². The van der Waals surface area contributed by atoms with Crippen molar-refractivity contribution in [3.8, 4) is 5.88 Å². The topological polar surface area (TPSA) is 89.7 Å². The van der Waals surface area contributed by atoms with Crippen LogP contribution < -0.4 is 10.1 Å². The van der Waals surface area contributed by atoms with Crippen LogP contribution in [0.25, 0.3) is 0 Å². The third-order valence-electron chi connectivity index (χ3n) is 3.86. The predicted octanol–water partition coefficient (Wildman–Crippen LogP) is 2.25. The molecule has 8 heteroatoms. The van der Waals surface area contributed by atoms with Gasteiger partial charge >= 0.3 is 6.03 Å². The summed E-state index contributed by atoms with van der Waals surface area (Å²) in [6.45, 7) is 3.36. The Morgan fingerprint density at radius 2 is 2.38 bits per heavy atom. The minimum atomic E-state index is -0.272. The lowest BCUT2D eigenvalue weighted by Gasteiger charge is -2.34. The average Bonchev–Trinajstić information content (AvgIpc) is 3.11. The molecule has 1 unspecified atom stereocenters. The Morgan fingerprint density at radius 3 is 3.12 bits per heavy atom. The normalized spacial score (nSPS) is 17.6. The fourth-order valence-electron chi connectivity index (χ4n) is 2.60. The van der Waals surface area contributed by atoms with Crippen molar-refractivity contribution in [3.63, 3.8) is 0 Å². The lowest BCUT2D eigenvalue weighted by atomic mass is 10.2.